The SMILES string of the molecule is Cc1c(-c2[nH]c3ccc(C4CC(NC(=O)CN(C)C)C4)cc3c2C(C)C)cn2ncnc2c1C. The molecular weight excluding hydrogens is 424 g/mol. The van der Waals surface area contributed by atoms with Gasteiger partial charge in [0.05, 0.1) is 12.2 Å². The highest BCUT2D eigenvalue weighted by Crippen LogP contribution is 2.42. The molecule has 1 amide bonds. The predicted molar refractivity (Wildman–Crippen MR) is 136 cm³/mol. The number of hydrogen-bond donors (Lipinski definition) is 2. The minimum atomic E-state index is 0.108. The van der Waals surface area contributed by atoms with Crippen LogP contribution in [0.1, 0.15) is 60.8 Å². The fourth-order valence-electron chi connectivity index (χ4n) is 5.32. The van der Waals surface area contributed by atoms with E-state index in [9.17, 15) is 4.79 Å². The second-order valence-corrected chi connectivity index (χ2v) is 10.4. The molecule has 4 aromatic rings. The van der Waals surface area contributed by atoms with E-state index in [2.05, 4.69) is 72.5 Å². The number of fused-ring (bicyclic) bond motifs is 2. The van der Waals surface area contributed by atoms with Crippen LogP contribution < -0.4 is 5.32 Å². The van der Waals surface area contributed by atoms with Gasteiger partial charge in [-0.3, -0.25) is 4.79 Å². The van der Waals surface area contributed by atoms with Crippen molar-refractivity contribution < 1.29 is 4.79 Å². The van der Waals surface area contributed by atoms with Gasteiger partial charge in [-0.1, -0.05) is 19.9 Å². The molecule has 1 aromatic carbocycles. The molecule has 0 aliphatic heterocycles. The fraction of sp³-hybridized carbons (Fsp3) is 0.444. The summed E-state index contributed by atoms with van der Waals surface area (Å²) in [6, 6.07) is 7.10. The van der Waals surface area contributed by atoms with E-state index in [1.165, 1.54) is 33.3 Å². The Balaban J connectivity index is 1.47. The summed E-state index contributed by atoms with van der Waals surface area (Å²) >= 11 is 0. The van der Waals surface area contributed by atoms with E-state index in [1.807, 2.05) is 23.5 Å². The topological polar surface area (TPSA) is 78.3 Å². The van der Waals surface area contributed by atoms with E-state index in [0.29, 0.717) is 18.4 Å². The summed E-state index contributed by atoms with van der Waals surface area (Å²) in [7, 11) is 3.84. The van der Waals surface area contributed by atoms with Gasteiger partial charge in [-0.2, -0.15) is 5.10 Å². The first-order valence-electron chi connectivity index (χ1n) is 12.1. The Morgan fingerprint density at radius 1 is 1.24 bits per heavy atom. The number of amides is 1. The summed E-state index contributed by atoms with van der Waals surface area (Å²) in [4.78, 5) is 22.1. The first kappa shape index (κ1) is 22.6. The predicted octanol–water partition coefficient (Wildman–Crippen LogP) is 4.54. The summed E-state index contributed by atoms with van der Waals surface area (Å²) in [5.41, 5.74) is 9.49. The van der Waals surface area contributed by atoms with Crippen LogP contribution in [0, 0.1) is 13.8 Å². The van der Waals surface area contributed by atoms with Crippen molar-refractivity contribution in [1.29, 1.82) is 0 Å². The summed E-state index contributed by atoms with van der Waals surface area (Å²) in [5, 5.41) is 8.85. The number of aromatic amines is 1. The second-order valence-electron chi connectivity index (χ2n) is 10.4. The quantitative estimate of drug-likeness (QED) is 0.445. The normalized spacial score (nSPS) is 18.2. The molecule has 0 spiro atoms. The molecular formula is C27H34N6O. The Labute approximate surface area is 200 Å². The molecule has 34 heavy (non-hydrogen) atoms. The van der Waals surface area contributed by atoms with Crippen LogP contribution in [0.25, 0.3) is 27.8 Å². The van der Waals surface area contributed by atoms with Gasteiger partial charge in [-0.05, 0) is 87.0 Å². The highest BCUT2D eigenvalue weighted by atomic mass is 16.2. The Bertz CT molecular complexity index is 1370. The maximum atomic E-state index is 12.1. The van der Waals surface area contributed by atoms with Gasteiger partial charge >= 0.3 is 0 Å². The Kier molecular flexibility index (Phi) is 5.68. The molecule has 3 heterocycles. The van der Waals surface area contributed by atoms with Gasteiger partial charge in [-0.25, -0.2) is 9.50 Å². The van der Waals surface area contributed by atoms with Crippen LogP contribution in [0.15, 0.2) is 30.7 Å². The number of carbonyl (C=O) groups is 1. The second kappa shape index (κ2) is 8.55. The van der Waals surface area contributed by atoms with Crippen molar-refractivity contribution >= 4 is 22.5 Å². The third kappa shape index (κ3) is 3.88. The molecule has 0 radical (unpaired) electrons. The molecule has 0 atom stereocenters. The van der Waals surface area contributed by atoms with E-state index in [4.69, 9.17) is 0 Å². The van der Waals surface area contributed by atoms with Gasteiger partial charge in [0.1, 0.15) is 6.33 Å². The summed E-state index contributed by atoms with van der Waals surface area (Å²) < 4.78 is 1.87. The Hall–Kier alpha value is -3.19. The molecule has 1 fully saturated rings. The zero-order valence-electron chi connectivity index (χ0n) is 20.9. The van der Waals surface area contributed by atoms with Crippen molar-refractivity contribution in [1.82, 2.24) is 29.8 Å². The van der Waals surface area contributed by atoms with Crippen molar-refractivity contribution in [3.05, 3.63) is 53.0 Å². The molecule has 7 heteroatoms. The minimum absolute atomic E-state index is 0.108. The summed E-state index contributed by atoms with van der Waals surface area (Å²) in [6.45, 7) is 9.24. The van der Waals surface area contributed by atoms with Crippen LogP contribution in [-0.2, 0) is 4.79 Å². The van der Waals surface area contributed by atoms with Gasteiger partial charge in [0.25, 0.3) is 0 Å². The lowest BCUT2D eigenvalue weighted by molar-refractivity contribution is -0.123. The average Bonchev–Trinajstić information content (AvgIpc) is 3.36. The first-order chi connectivity index (χ1) is 16.2. The fourth-order valence-corrected chi connectivity index (χ4v) is 5.32. The van der Waals surface area contributed by atoms with Crippen LogP contribution in [0.4, 0.5) is 0 Å². The van der Waals surface area contributed by atoms with E-state index >= 15 is 0 Å². The molecule has 1 aliphatic carbocycles. The zero-order valence-corrected chi connectivity index (χ0v) is 20.9. The zero-order chi connectivity index (χ0) is 24.1. The highest BCUT2D eigenvalue weighted by molar-refractivity contribution is 5.92. The van der Waals surface area contributed by atoms with Crippen LogP contribution in [0.5, 0.6) is 0 Å². The number of benzene rings is 1. The lowest BCUT2D eigenvalue weighted by atomic mass is 9.75. The number of hydrogen-bond acceptors (Lipinski definition) is 4. The number of aromatic nitrogens is 4. The smallest absolute Gasteiger partial charge is 0.234 e. The molecule has 2 N–H and O–H groups in total. The largest absolute Gasteiger partial charge is 0.354 e. The van der Waals surface area contributed by atoms with E-state index < -0.39 is 0 Å². The van der Waals surface area contributed by atoms with Crippen molar-refractivity contribution in [2.75, 3.05) is 20.6 Å². The maximum Gasteiger partial charge on any atom is 0.234 e. The standard InChI is InChI=1S/C27H34N6O/c1-15(2)25-21-11-18(19-9-20(10-19)30-24(34)13-32(5)6)7-8-23(21)31-26(25)22-12-33-27(28-14-29-33)17(4)16(22)3/h7-8,11-12,14-15,19-20,31H,9-10,13H2,1-6H3,(H,30,34). The molecule has 3 aromatic heterocycles. The van der Waals surface area contributed by atoms with E-state index in [-0.39, 0.29) is 11.9 Å². The Morgan fingerprint density at radius 3 is 2.71 bits per heavy atom. The number of aryl methyl sites for hydroxylation is 1. The number of rotatable bonds is 6. The van der Waals surface area contributed by atoms with Crippen molar-refractivity contribution in [2.24, 2.45) is 0 Å². The third-order valence-electron chi connectivity index (χ3n) is 7.27. The molecule has 178 valence electrons. The molecule has 1 saturated carbocycles. The molecule has 0 unspecified atom stereocenters. The van der Waals surface area contributed by atoms with Gasteiger partial charge in [0.2, 0.25) is 5.91 Å². The first-order valence-corrected chi connectivity index (χ1v) is 12.1. The number of likely N-dealkylation sites (N-methyl/N-ethyl adjacent to an activating group) is 1. The van der Waals surface area contributed by atoms with Gasteiger partial charge in [-0.15, -0.1) is 0 Å². The van der Waals surface area contributed by atoms with E-state index in [1.54, 1.807) is 6.33 Å². The van der Waals surface area contributed by atoms with Gasteiger partial charge in [0, 0.05) is 28.7 Å². The monoisotopic (exact) mass is 458 g/mol. The minimum Gasteiger partial charge on any atom is -0.354 e. The summed E-state index contributed by atoms with van der Waals surface area (Å²) in [5.74, 6) is 0.962. The van der Waals surface area contributed by atoms with Crippen LogP contribution in [0.2, 0.25) is 0 Å². The molecule has 1 aliphatic rings. The van der Waals surface area contributed by atoms with Crippen molar-refractivity contribution in [2.45, 2.75) is 58.4 Å². The van der Waals surface area contributed by atoms with Gasteiger partial charge < -0.3 is 15.2 Å². The van der Waals surface area contributed by atoms with Crippen LogP contribution in [0.3, 0.4) is 0 Å². The van der Waals surface area contributed by atoms with Gasteiger partial charge in [0.15, 0.2) is 5.65 Å². The number of pyridine rings is 1. The van der Waals surface area contributed by atoms with Crippen molar-refractivity contribution in [3.8, 4) is 11.3 Å². The van der Waals surface area contributed by atoms with E-state index in [0.717, 1.165) is 29.6 Å². The van der Waals surface area contributed by atoms with Crippen LogP contribution in [-0.4, -0.2) is 57.1 Å². The summed E-state index contributed by atoms with van der Waals surface area (Å²) in [6.07, 6.45) is 5.71. The molecule has 7 nitrogen and oxygen atoms in total. The molecule has 5 rings (SSSR count). The number of nitrogens with one attached hydrogen (secondary N) is 2. The number of H-pyrrole nitrogens is 1. The number of nitrogens with zero attached hydrogens (tertiary/aromatic N) is 4. The molecule has 0 saturated heterocycles. The lowest BCUT2D eigenvalue weighted by Gasteiger charge is -2.36. The van der Waals surface area contributed by atoms with Crippen LogP contribution >= 0.6 is 0 Å². The third-order valence-corrected chi connectivity index (χ3v) is 7.27. The lowest BCUT2D eigenvalue weighted by Crippen LogP contribution is -2.46. The van der Waals surface area contributed by atoms with Crippen molar-refractivity contribution in [3.63, 3.8) is 0 Å². The maximum absolute atomic E-state index is 12.1. The average molecular weight is 459 g/mol. The highest BCUT2D eigenvalue weighted by Gasteiger charge is 2.32. The Morgan fingerprint density at radius 2 is 2.00 bits per heavy atom. The molecule has 0 bridgehead atoms. The number of carbonyl (C=O) groups excluding carboxylic acids is 1.